The number of nitrogens with zero attached hydrogens (tertiary/aromatic N) is 3. The van der Waals surface area contributed by atoms with Crippen LogP contribution in [0.1, 0.15) is 12.5 Å². The van der Waals surface area contributed by atoms with Gasteiger partial charge in [0.15, 0.2) is 17.5 Å². The van der Waals surface area contributed by atoms with Gasteiger partial charge in [0.05, 0.1) is 12.4 Å². The smallest absolute Gasteiger partial charge is 0.212 e. The lowest BCUT2D eigenvalue weighted by Crippen LogP contribution is -1.99. The fourth-order valence-electron chi connectivity index (χ4n) is 3.09. The molecule has 0 radical (unpaired) electrons. The van der Waals surface area contributed by atoms with Gasteiger partial charge in [-0.3, -0.25) is 9.89 Å². The van der Waals surface area contributed by atoms with E-state index in [1.165, 1.54) is 6.20 Å². The normalized spacial score (nSPS) is 11.3. The zero-order valence-corrected chi connectivity index (χ0v) is 13.2. The van der Waals surface area contributed by atoms with Crippen LogP contribution in [-0.4, -0.2) is 26.0 Å². The van der Waals surface area contributed by atoms with Crippen LogP contribution < -0.4 is 5.32 Å². The third kappa shape index (κ3) is 2.25. The Morgan fingerprint density at radius 2 is 2.12 bits per heavy atom. The number of hydrogen-bond acceptors (Lipinski definition) is 3. The number of imidazole rings is 1. The van der Waals surface area contributed by atoms with Gasteiger partial charge in [0.2, 0.25) is 6.41 Å². The van der Waals surface area contributed by atoms with Gasteiger partial charge in [0.25, 0.3) is 0 Å². The SMILES string of the molecule is CCc1c(F)c(F)c2[nH]ncc2c1-c1ccc2nc(NC=O)cn2c1. The number of carbonyl (C=O) groups excluding carboxylic acids is 1. The maximum atomic E-state index is 14.5. The van der Waals surface area contributed by atoms with Gasteiger partial charge in [-0.05, 0) is 29.7 Å². The van der Waals surface area contributed by atoms with E-state index in [2.05, 4.69) is 20.5 Å². The monoisotopic (exact) mass is 341 g/mol. The average molecular weight is 341 g/mol. The van der Waals surface area contributed by atoms with Crippen molar-refractivity contribution in [3.8, 4) is 11.1 Å². The van der Waals surface area contributed by atoms with Gasteiger partial charge in [-0.1, -0.05) is 6.92 Å². The summed E-state index contributed by atoms with van der Waals surface area (Å²) in [6.45, 7) is 1.77. The highest BCUT2D eigenvalue weighted by Crippen LogP contribution is 2.35. The maximum absolute atomic E-state index is 14.5. The molecule has 0 atom stereocenters. The van der Waals surface area contributed by atoms with Crippen LogP contribution in [0.4, 0.5) is 14.6 Å². The van der Waals surface area contributed by atoms with E-state index in [0.717, 1.165) is 0 Å². The summed E-state index contributed by atoms with van der Waals surface area (Å²) in [5, 5.41) is 9.37. The van der Waals surface area contributed by atoms with Crippen LogP contribution in [0.15, 0.2) is 30.7 Å². The Morgan fingerprint density at radius 1 is 1.28 bits per heavy atom. The molecule has 8 heteroatoms. The lowest BCUT2D eigenvalue weighted by atomic mass is 9.95. The zero-order valence-electron chi connectivity index (χ0n) is 13.2. The number of anilines is 1. The van der Waals surface area contributed by atoms with Gasteiger partial charge in [-0.15, -0.1) is 0 Å². The lowest BCUT2D eigenvalue weighted by molar-refractivity contribution is -0.105. The van der Waals surface area contributed by atoms with Crippen molar-refractivity contribution in [3.05, 3.63) is 47.9 Å². The van der Waals surface area contributed by atoms with Gasteiger partial charge in [0.1, 0.15) is 11.2 Å². The van der Waals surface area contributed by atoms with E-state index in [1.54, 1.807) is 35.9 Å². The van der Waals surface area contributed by atoms with E-state index in [0.29, 0.717) is 40.8 Å². The van der Waals surface area contributed by atoms with Crippen molar-refractivity contribution in [1.29, 1.82) is 0 Å². The molecule has 0 unspecified atom stereocenters. The number of nitrogens with one attached hydrogen (secondary N) is 2. The van der Waals surface area contributed by atoms with Crippen LogP contribution in [-0.2, 0) is 11.2 Å². The maximum Gasteiger partial charge on any atom is 0.212 e. The molecule has 0 spiro atoms. The number of fused-ring (bicyclic) bond motifs is 2. The summed E-state index contributed by atoms with van der Waals surface area (Å²) in [5.41, 5.74) is 2.24. The Balaban J connectivity index is 2.00. The fraction of sp³-hybridized carbons (Fsp3) is 0.118. The number of carbonyl (C=O) groups is 1. The number of hydrogen-bond donors (Lipinski definition) is 2. The summed E-state index contributed by atoms with van der Waals surface area (Å²) < 4.78 is 30.4. The molecule has 0 fully saturated rings. The molecule has 0 aliphatic rings. The molecular formula is C17H13F2N5O. The predicted molar refractivity (Wildman–Crippen MR) is 89.3 cm³/mol. The van der Waals surface area contributed by atoms with E-state index < -0.39 is 11.6 Å². The number of pyridine rings is 1. The van der Waals surface area contributed by atoms with Crippen LogP contribution in [0, 0.1) is 11.6 Å². The van der Waals surface area contributed by atoms with Crippen molar-refractivity contribution in [2.75, 3.05) is 5.32 Å². The van der Waals surface area contributed by atoms with E-state index in [-0.39, 0.29) is 11.1 Å². The molecule has 0 aliphatic carbocycles. The first-order chi connectivity index (χ1) is 12.1. The molecule has 25 heavy (non-hydrogen) atoms. The summed E-state index contributed by atoms with van der Waals surface area (Å²) in [6.07, 6.45) is 5.77. The first kappa shape index (κ1) is 15.3. The third-order valence-electron chi connectivity index (χ3n) is 4.19. The molecule has 4 rings (SSSR count). The summed E-state index contributed by atoms with van der Waals surface area (Å²) >= 11 is 0. The minimum Gasteiger partial charge on any atom is -0.312 e. The second-order valence-corrected chi connectivity index (χ2v) is 5.57. The summed E-state index contributed by atoms with van der Waals surface area (Å²) in [6, 6.07) is 3.53. The number of halogens is 2. The highest BCUT2D eigenvalue weighted by molar-refractivity contribution is 5.96. The summed E-state index contributed by atoms with van der Waals surface area (Å²) in [7, 11) is 0. The van der Waals surface area contributed by atoms with E-state index >= 15 is 0 Å². The highest BCUT2D eigenvalue weighted by Gasteiger charge is 2.21. The Morgan fingerprint density at radius 3 is 2.88 bits per heavy atom. The number of aromatic nitrogens is 4. The molecule has 0 saturated heterocycles. The topological polar surface area (TPSA) is 75.1 Å². The molecule has 6 nitrogen and oxygen atoms in total. The largest absolute Gasteiger partial charge is 0.312 e. The van der Waals surface area contributed by atoms with Gasteiger partial charge < -0.3 is 9.72 Å². The number of H-pyrrole nitrogens is 1. The number of aromatic amines is 1. The second-order valence-electron chi connectivity index (χ2n) is 5.57. The average Bonchev–Trinajstić information content (AvgIpc) is 3.24. The minimum atomic E-state index is -0.922. The van der Waals surface area contributed by atoms with Crippen molar-refractivity contribution in [3.63, 3.8) is 0 Å². The van der Waals surface area contributed by atoms with Crippen LogP contribution in [0.3, 0.4) is 0 Å². The standard InChI is InChI=1S/C17H13F2N5O/c1-2-10-14(11-5-21-23-17(11)16(19)15(10)18)9-3-4-13-22-12(20-8-25)7-24(13)6-9/h3-8H,2H2,1H3,(H,20,25)(H,21,23). The van der Waals surface area contributed by atoms with Crippen LogP contribution in [0.2, 0.25) is 0 Å². The molecule has 0 saturated carbocycles. The third-order valence-corrected chi connectivity index (χ3v) is 4.19. The zero-order chi connectivity index (χ0) is 17.6. The molecule has 1 aromatic carbocycles. The molecule has 0 bridgehead atoms. The molecule has 4 aromatic rings. The van der Waals surface area contributed by atoms with E-state index in [1.807, 2.05) is 0 Å². The first-order valence-corrected chi connectivity index (χ1v) is 7.66. The number of benzene rings is 1. The number of amides is 1. The predicted octanol–water partition coefficient (Wildman–Crippen LogP) is 3.29. The minimum absolute atomic E-state index is 0.0405. The van der Waals surface area contributed by atoms with Gasteiger partial charge >= 0.3 is 0 Å². The number of rotatable bonds is 4. The molecule has 3 heterocycles. The molecule has 3 aromatic heterocycles. The van der Waals surface area contributed by atoms with Crippen molar-refractivity contribution in [2.45, 2.75) is 13.3 Å². The molecule has 1 amide bonds. The van der Waals surface area contributed by atoms with Crippen LogP contribution >= 0.6 is 0 Å². The van der Waals surface area contributed by atoms with Crippen molar-refractivity contribution < 1.29 is 13.6 Å². The van der Waals surface area contributed by atoms with Gasteiger partial charge in [-0.25, -0.2) is 13.8 Å². The van der Waals surface area contributed by atoms with Crippen LogP contribution in [0.25, 0.3) is 27.7 Å². The van der Waals surface area contributed by atoms with Crippen molar-refractivity contribution in [2.24, 2.45) is 0 Å². The van der Waals surface area contributed by atoms with Gasteiger partial charge in [0, 0.05) is 17.1 Å². The van der Waals surface area contributed by atoms with E-state index in [4.69, 9.17) is 0 Å². The summed E-state index contributed by atoms with van der Waals surface area (Å²) in [4.78, 5) is 14.8. The van der Waals surface area contributed by atoms with Crippen LogP contribution in [0.5, 0.6) is 0 Å². The fourth-order valence-corrected chi connectivity index (χ4v) is 3.09. The second kappa shape index (κ2) is 5.66. The summed E-state index contributed by atoms with van der Waals surface area (Å²) in [5.74, 6) is -1.39. The van der Waals surface area contributed by atoms with E-state index in [9.17, 15) is 13.6 Å². The molecular weight excluding hydrogens is 328 g/mol. The first-order valence-electron chi connectivity index (χ1n) is 7.66. The highest BCUT2D eigenvalue weighted by atomic mass is 19.2. The molecule has 0 aliphatic heterocycles. The van der Waals surface area contributed by atoms with Crippen molar-refractivity contribution in [1.82, 2.24) is 19.6 Å². The van der Waals surface area contributed by atoms with Gasteiger partial charge in [-0.2, -0.15) is 5.10 Å². The Kier molecular flexibility index (Phi) is 3.45. The molecule has 2 N–H and O–H groups in total. The molecule has 126 valence electrons. The Labute approximate surface area is 140 Å². The van der Waals surface area contributed by atoms with Crippen molar-refractivity contribution >= 4 is 28.8 Å². The quantitative estimate of drug-likeness (QED) is 0.559. The lowest BCUT2D eigenvalue weighted by Gasteiger charge is -2.12. The Hall–Kier alpha value is -3.29. The Bertz CT molecular complexity index is 1120.